The maximum atomic E-state index is 12.8. The van der Waals surface area contributed by atoms with Crippen LogP contribution in [0, 0.1) is 5.92 Å². The summed E-state index contributed by atoms with van der Waals surface area (Å²) in [6.07, 6.45) is 6.49. The molecule has 5 heteroatoms. The average molecular weight is 264 g/mol. The van der Waals surface area contributed by atoms with Gasteiger partial charge in [0.1, 0.15) is 0 Å². The maximum Gasteiger partial charge on any atom is 0.159 e. The first kappa shape index (κ1) is 14.2. The highest BCUT2D eigenvalue weighted by atomic mass is 16.1. The Bertz CT molecular complexity index is 454. The van der Waals surface area contributed by atoms with Gasteiger partial charge < -0.3 is 0 Å². The summed E-state index contributed by atoms with van der Waals surface area (Å²) in [7, 11) is 5.87. The summed E-state index contributed by atoms with van der Waals surface area (Å²) in [5.74, 6) is 0.895. The minimum atomic E-state index is -0.310. The van der Waals surface area contributed by atoms with Crippen molar-refractivity contribution in [3.8, 4) is 0 Å². The monoisotopic (exact) mass is 264 g/mol. The molecule has 106 valence electrons. The van der Waals surface area contributed by atoms with Crippen LogP contribution in [0.15, 0.2) is 6.20 Å². The van der Waals surface area contributed by atoms with Gasteiger partial charge in [0.05, 0.1) is 17.7 Å². The van der Waals surface area contributed by atoms with Crippen molar-refractivity contribution in [2.24, 2.45) is 13.0 Å². The van der Waals surface area contributed by atoms with Crippen molar-refractivity contribution in [2.45, 2.75) is 44.6 Å². The van der Waals surface area contributed by atoms with E-state index in [1.165, 1.54) is 6.42 Å². The molecule has 1 aliphatic carbocycles. The van der Waals surface area contributed by atoms with Crippen LogP contribution in [0.3, 0.4) is 0 Å². The summed E-state index contributed by atoms with van der Waals surface area (Å²) < 4.78 is 1.65. The van der Waals surface area contributed by atoms with Crippen LogP contribution < -0.4 is 0 Å². The molecule has 19 heavy (non-hydrogen) atoms. The smallest absolute Gasteiger partial charge is 0.159 e. The summed E-state index contributed by atoms with van der Waals surface area (Å²) in [5.41, 5.74) is 0.460. The number of carbonyl (C=O) groups is 1. The summed E-state index contributed by atoms with van der Waals surface area (Å²) in [4.78, 5) is 14.9. The molecule has 1 heterocycles. The Morgan fingerprint density at radius 2 is 2.32 bits per heavy atom. The molecule has 1 aliphatic rings. The van der Waals surface area contributed by atoms with Crippen LogP contribution in [0.1, 0.15) is 38.3 Å². The van der Waals surface area contributed by atoms with Crippen molar-refractivity contribution in [1.29, 1.82) is 0 Å². The summed E-state index contributed by atoms with van der Waals surface area (Å²) >= 11 is 0. The Kier molecular flexibility index (Phi) is 4.04. The van der Waals surface area contributed by atoms with Gasteiger partial charge in [-0.05, 0) is 32.9 Å². The van der Waals surface area contributed by atoms with Crippen molar-refractivity contribution in [2.75, 3.05) is 14.1 Å². The largest absolute Gasteiger partial charge is 0.297 e. The Morgan fingerprint density at radius 1 is 1.58 bits per heavy atom. The Labute approximate surface area is 115 Å². The quantitative estimate of drug-likeness (QED) is 0.825. The van der Waals surface area contributed by atoms with Gasteiger partial charge in [0.25, 0.3) is 0 Å². The normalized spacial score (nSPS) is 27.7. The number of ketones is 1. The van der Waals surface area contributed by atoms with E-state index in [0.717, 1.165) is 25.0 Å². The van der Waals surface area contributed by atoms with Crippen LogP contribution in [-0.2, 0) is 18.3 Å². The first-order chi connectivity index (χ1) is 8.94. The molecule has 0 aromatic carbocycles. The Hall–Kier alpha value is -1.23. The molecule has 2 atom stereocenters. The van der Waals surface area contributed by atoms with Crippen molar-refractivity contribution in [3.63, 3.8) is 0 Å². The van der Waals surface area contributed by atoms with Crippen LogP contribution in [0.2, 0.25) is 0 Å². The molecule has 0 N–H and O–H groups in total. The topological polar surface area (TPSA) is 51.0 Å². The fraction of sp³-hybridized carbons (Fsp3) is 0.786. The molecular formula is C14H24N4O. The zero-order valence-corrected chi connectivity index (χ0v) is 12.4. The van der Waals surface area contributed by atoms with Gasteiger partial charge in [0.2, 0.25) is 0 Å². The number of rotatable bonds is 4. The minimum absolute atomic E-state index is 0.282. The van der Waals surface area contributed by atoms with Crippen molar-refractivity contribution < 1.29 is 4.79 Å². The zero-order valence-electron chi connectivity index (χ0n) is 12.4. The van der Waals surface area contributed by atoms with E-state index in [-0.39, 0.29) is 11.3 Å². The molecule has 0 amide bonds. The van der Waals surface area contributed by atoms with E-state index in [4.69, 9.17) is 0 Å². The average Bonchev–Trinajstić information content (AvgIpc) is 2.74. The van der Waals surface area contributed by atoms with Gasteiger partial charge in [-0.25, -0.2) is 0 Å². The van der Waals surface area contributed by atoms with Gasteiger partial charge >= 0.3 is 0 Å². The molecule has 1 aromatic heterocycles. The maximum absolute atomic E-state index is 12.8. The molecule has 0 saturated heterocycles. The molecule has 1 saturated carbocycles. The van der Waals surface area contributed by atoms with Gasteiger partial charge in [-0.2, -0.15) is 0 Å². The summed E-state index contributed by atoms with van der Waals surface area (Å²) in [5, 5.41) is 7.93. The van der Waals surface area contributed by atoms with Crippen LogP contribution >= 0.6 is 0 Å². The van der Waals surface area contributed by atoms with E-state index in [2.05, 4.69) is 22.1 Å². The van der Waals surface area contributed by atoms with Gasteiger partial charge in [-0.3, -0.25) is 14.4 Å². The third kappa shape index (κ3) is 2.86. The number of aryl methyl sites for hydroxylation is 1. The lowest BCUT2D eigenvalue weighted by Crippen LogP contribution is -2.54. The third-order valence-corrected chi connectivity index (χ3v) is 4.34. The first-order valence-corrected chi connectivity index (χ1v) is 7.00. The molecule has 0 bridgehead atoms. The van der Waals surface area contributed by atoms with E-state index in [9.17, 15) is 4.79 Å². The molecule has 1 fully saturated rings. The van der Waals surface area contributed by atoms with E-state index in [1.54, 1.807) is 4.68 Å². The molecule has 0 spiro atoms. The number of hydrogen-bond donors (Lipinski definition) is 0. The molecular weight excluding hydrogens is 240 g/mol. The van der Waals surface area contributed by atoms with E-state index in [1.807, 2.05) is 27.3 Å². The molecule has 2 rings (SSSR count). The van der Waals surface area contributed by atoms with Gasteiger partial charge in [0.15, 0.2) is 5.78 Å². The number of nitrogens with zero attached hydrogens (tertiary/aromatic N) is 4. The summed E-state index contributed by atoms with van der Waals surface area (Å²) in [6.45, 7) is 2.24. The lowest BCUT2D eigenvalue weighted by atomic mass is 9.72. The minimum Gasteiger partial charge on any atom is -0.297 e. The zero-order chi connectivity index (χ0) is 14.0. The fourth-order valence-electron chi connectivity index (χ4n) is 3.24. The highest BCUT2D eigenvalue weighted by Crippen LogP contribution is 2.36. The fourth-order valence-corrected chi connectivity index (χ4v) is 3.24. The molecule has 0 radical (unpaired) electrons. The number of Topliss-reactive ketones (excluding diaryl/α,β-unsaturated/α-hetero) is 1. The highest BCUT2D eigenvalue weighted by molar-refractivity contribution is 5.90. The van der Waals surface area contributed by atoms with Gasteiger partial charge in [0, 0.05) is 13.2 Å². The third-order valence-electron chi connectivity index (χ3n) is 4.34. The van der Waals surface area contributed by atoms with E-state index in [0.29, 0.717) is 12.3 Å². The van der Waals surface area contributed by atoms with Crippen molar-refractivity contribution >= 4 is 5.78 Å². The Balaban J connectivity index is 2.16. The number of likely N-dealkylation sites (N-methyl/N-ethyl adjacent to an activating group) is 1. The second-order valence-electron chi connectivity index (χ2n) is 6.11. The van der Waals surface area contributed by atoms with Crippen molar-refractivity contribution in [3.05, 3.63) is 11.9 Å². The second kappa shape index (κ2) is 5.41. The number of aromatic nitrogens is 3. The summed E-state index contributed by atoms with van der Waals surface area (Å²) in [6, 6.07) is 0. The van der Waals surface area contributed by atoms with Crippen LogP contribution in [0.25, 0.3) is 0 Å². The van der Waals surface area contributed by atoms with E-state index >= 15 is 0 Å². The van der Waals surface area contributed by atoms with E-state index < -0.39 is 0 Å². The Morgan fingerprint density at radius 3 is 2.84 bits per heavy atom. The van der Waals surface area contributed by atoms with Crippen molar-refractivity contribution in [1.82, 2.24) is 19.9 Å². The number of carbonyl (C=O) groups excluding carboxylic acids is 1. The lowest BCUT2D eigenvalue weighted by molar-refractivity contribution is -0.132. The highest BCUT2D eigenvalue weighted by Gasteiger charge is 2.43. The second-order valence-corrected chi connectivity index (χ2v) is 6.11. The first-order valence-electron chi connectivity index (χ1n) is 7.00. The number of hydrogen-bond acceptors (Lipinski definition) is 4. The van der Waals surface area contributed by atoms with Crippen LogP contribution in [-0.4, -0.2) is 45.3 Å². The van der Waals surface area contributed by atoms with Crippen LogP contribution in [0.4, 0.5) is 0 Å². The molecule has 2 unspecified atom stereocenters. The predicted molar refractivity (Wildman–Crippen MR) is 73.8 cm³/mol. The predicted octanol–water partition coefficient (Wildman–Crippen LogP) is 1.44. The standard InChI is InChI=1S/C14H24N4O/c1-11-6-5-7-14(9-11,17(2)3)13(19)8-12-10-18(4)16-15-12/h10-11H,5-9H2,1-4H3. The lowest BCUT2D eigenvalue weighted by Gasteiger charge is -2.43. The van der Waals surface area contributed by atoms with Crippen LogP contribution in [0.5, 0.6) is 0 Å². The molecule has 1 aromatic rings. The SMILES string of the molecule is CC1CCCC(C(=O)Cc2cn(C)nn2)(N(C)C)C1. The van der Waals surface area contributed by atoms with Gasteiger partial charge in [-0.15, -0.1) is 5.10 Å². The molecule has 5 nitrogen and oxygen atoms in total. The molecule has 0 aliphatic heterocycles. The van der Waals surface area contributed by atoms with Gasteiger partial charge in [-0.1, -0.05) is 25.0 Å².